The van der Waals surface area contributed by atoms with E-state index in [-0.39, 0.29) is 32.9 Å². The lowest BCUT2D eigenvalue weighted by Crippen LogP contribution is -2.32. The summed E-state index contributed by atoms with van der Waals surface area (Å²) in [4.78, 5) is 24.0. The molecular formula is C23H17Cl3FN3O4. The van der Waals surface area contributed by atoms with Gasteiger partial charge in [-0.1, -0.05) is 46.9 Å². The molecule has 2 amide bonds. The van der Waals surface area contributed by atoms with Crippen LogP contribution in [0.15, 0.2) is 59.7 Å². The molecule has 7 nitrogen and oxygen atoms in total. The van der Waals surface area contributed by atoms with Crippen LogP contribution in [-0.2, 0) is 16.2 Å². The molecule has 2 N–H and O–H groups in total. The molecule has 0 saturated carbocycles. The van der Waals surface area contributed by atoms with Crippen molar-refractivity contribution in [2.45, 2.75) is 6.61 Å². The zero-order valence-corrected chi connectivity index (χ0v) is 19.8. The van der Waals surface area contributed by atoms with Gasteiger partial charge in [-0.3, -0.25) is 9.59 Å². The number of carbonyl (C=O) groups is 2. The number of ether oxygens (including phenoxy) is 2. The van der Waals surface area contributed by atoms with Gasteiger partial charge in [0.2, 0.25) is 0 Å². The third-order valence-electron chi connectivity index (χ3n) is 4.41. The lowest BCUT2D eigenvalue weighted by molar-refractivity contribution is -0.136. The lowest BCUT2D eigenvalue weighted by Gasteiger charge is -2.12. The first kappa shape index (κ1) is 25.3. The summed E-state index contributed by atoms with van der Waals surface area (Å²) in [5.74, 6) is -1.78. The summed E-state index contributed by atoms with van der Waals surface area (Å²) < 4.78 is 24.9. The Bertz CT molecular complexity index is 1230. The smallest absolute Gasteiger partial charge is 0.329 e. The Morgan fingerprint density at radius 2 is 1.74 bits per heavy atom. The monoisotopic (exact) mass is 523 g/mol. The molecule has 0 aromatic heterocycles. The summed E-state index contributed by atoms with van der Waals surface area (Å²) in [6.45, 7) is -0.100. The van der Waals surface area contributed by atoms with Gasteiger partial charge in [0.1, 0.15) is 12.4 Å². The molecule has 0 atom stereocenters. The number of methoxy groups -OCH3 is 1. The van der Waals surface area contributed by atoms with Crippen molar-refractivity contribution < 1.29 is 23.5 Å². The Hall–Kier alpha value is -3.33. The Kier molecular flexibility index (Phi) is 8.70. The standard InChI is InChI=1S/C23H17Cl3FN3O4/c1-33-20-10-13(8-9-19(20)34-12-14-15(24)4-2-6-17(14)27)11-28-30-23(32)22(31)29-18-7-3-5-16(25)21(18)26/h2-11H,12H2,1H3,(H,29,31)(H,30,32)/b28-11+. The number of carbonyl (C=O) groups excluding carboxylic acids is 2. The summed E-state index contributed by atoms with van der Waals surface area (Å²) >= 11 is 17.9. The van der Waals surface area contributed by atoms with E-state index in [2.05, 4.69) is 15.8 Å². The molecule has 176 valence electrons. The molecule has 0 heterocycles. The van der Waals surface area contributed by atoms with Crippen molar-refractivity contribution in [3.05, 3.63) is 86.6 Å². The number of anilines is 1. The highest BCUT2D eigenvalue weighted by Crippen LogP contribution is 2.30. The maximum atomic E-state index is 13.9. The van der Waals surface area contributed by atoms with Crippen molar-refractivity contribution in [2.24, 2.45) is 5.10 Å². The zero-order chi connectivity index (χ0) is 24.7. The van der Waals surface area contributed by atoms with E-state index in [1.54, 1.807) is 36.4 Å². The molecule has 34 heavy (non-hydrogen) atoms. The fourth-order valence-corrected chi connectivity index (χ4v) is 3.26. The summed E-state index contributed by atoms with van der Waals surface area (Å²) in [7, 11) is 1.44. The molecule has 0 fully saturated rings. The second-order valence-corrected chi connectivity index (χ2v) is 7.85. The van der Waals surface area contributed by atoms with Gasteiger partial charge in [0.05, 0.1) is 34.1 Å². The predicted molar refractivity (Wildman–Crippen MR) is 130 cm³/mol. The molecule has 3 rings (SSSR count). The van der Waals surface area contributed by atoms with Gasteiger partial charge in [-0.25, -0.2) is 9.82 Å². The quantitative estimate of drug-likeness (QED) is 0.244. The second-order valence-electron chi connectivity index (χ2n) is 6.65. The Morgan fingerprint density at radius 1 is 1.00 bits per heavy atom. The maximum Gasteiger partial charge on any atom is 0.329 e. The van der Waals surface area contributed by atoms with Gasteiger partial charge in [-0.15, -0.1) is 0 Å². The van der Waals surface area contributed by atoms with Gasteiger partial charge in [-0.2, -0.15) is 5.10 Å². The number of benzene rings is 3. The highest BCUT2D eigenvalue weighted by atomic mass is 35.5. The normalized spacial score (nSPS) is 10.7. The number of nitrogens with one attached hydrogen (secondary N) is 2. The molecule has 0 aliphatic heterocycles. The molecule has 0 radical (unpaired) electrons. The van der Waals surface area contributed by atoms with Gasteiger partial charge in [-0.05, 0) is 48.0 Å². The van der Waals surface area contributed by atoms with Gasteiger partial charge in [0.25, 0.3) is 0 Å². The first-order valence-electron chi connectivity index (χ1n) is 9.62. The van der Waals surface area contributed by atoms with Crippen molar-refractivity contribution in [1.82, 2.24) is 5.43 Å². The summed E-state index contributed by atoms with van der Waals surface area (Å²) in [5.41, 5.74) is 3.05. The lowest BCUT2D eigenvalue weighted by atomic mass is 10.2. The first-order chi connectivity index (χ1) is 16.3. The Balaban J connectivity index is 1.60. The van der Waals surface area contributed by atoms with Crippen molar-refractivity contribution in [3.8, 4) is 11.5 Å². The van der Waals surface area contributed by atoms with Gasteiger partial charge in [0, 0.05) is 5.56 Å². The second kappa shape index (κ2) is 11.7. The minimum absolute atomic E-state index is 0.100. The van der Waals surface area contributed by atoms with Crippen molar-refractivity contribution in [2.75, 3.05) is 12.4 Å². The average Bonchev–Trinajstić information content (AvgIpc) is 2.82. The number of hydrogen-bond donors (Lipinski definition) is 2. The van der Waals surface area contributed by atoms with Crippen LogP contribution in [0.3, 0.4) is 0 Å². The largest absolute Gasteiger partial charge is 0.493 e. The number of hydrazone groups is 1. The summed E-state index contributed by atoms with van der Waals surface area (Å²) in [6, 6.07) is 13.8. The molecule has 0 saturated heterocycles. The van der Waals surface area contributed by atoms with E-state index in [9.17, 15) is 14.0 Å². The summed E-state index contributed by atoms with van der Waals surface area (Å²) in [5, 5.41) is 6.70. The van der Waals surface area contributed by atoms with E-state index in [1.165, 1.54) is 31.5 Å². The van der Waals surface area contributed by atoms with E-state index in [4.69, 9.17) is 44.3 Å². The molecular weight excluding hydrogens is 508 g/mol. The fraction of sp³-hybridized carbons (Fsp3) is 0.0870. The fourth-order valence-electron chi connectivity index (χ4n) is 2.70. The van der Waals surface area contributed by atoms with Crippen LogP contribution in [0.1, 0.15) is 11.1 Å². The van der Waals surface area contributed by atoms with Crippen LogP contribution < -0.4 is 20.2 Å². The van der Waals surface area contributed by atoms with Crippen LogP contribution >= 0.6 is 34.8 Å². The molecule has 3 aromatic carbocycles. The molecule has 3 aromatic rings. The van der Waals surface area contributed by atoms with Gasteiger partial charge >= 0.3 is 11.8 Å². The molecule has 11 heteroatoms. The van der Waals surface area contributed by atoms with E-state index in [0.29, 0.717) is 17.1 Å². The number of hydrogen-bond acceptors (Lipinski definition) is 5. The van der Waals surface area contributed by atoms with Gasteiger partial charge in [0.15, 0.2) is 11.5 Å². The number of halogens is 4. The zero-order valence-electron chi connectivity index (χ0n) is 17.6. The topological polar surface area (TPSA) is 89.0 Å². The maximum absolute atomic E-state index is 13.9. The predicted octanol–water partition coefficient (Wildman–Crippen LogP) is 5.46. The van der Waals surface area contributed by atoms with Crippen LogP contribution in [0.5, 0.6) is 11.5 Å². The minimum atomic E-state index is -1.01. The van der Waals surface area contributed by atoms with Crippen LogP contribution in [0.4, 0.5) is 10.1 Å². The third kappa shape index (κ3) is 6.38. The minimum Gasteiger partial charge on any atom is -0.493 e. The van der Waals surface area contributed by atoms with Crippen molar-refractivity contribution >= 4 is 58.5 Å². The molecule has 0 unspecified atom stereocenters. The van der Waals surface area contributed by atoms with Crippen LogP contribution in [0.25, 0.3) is 0 Å². The number of rotatable bonds is 7. The SMILES string of the molecule is COc1cc(/C=N/NC(=O)C(=O)Nc2cccc(Cl)c2Cl)ccc1OCc1c(F)cccc1Cl. The number of nitrogens with zero attached hydrogens (tertiary/aromatic N) is 1. The molecule has 0 bridgehead atoms. The third-order valence-corrected chi connectivity index (χ3v) is 5.58. The van der Waals surface area contributed by atoms with Crippen LogP contribution in [0, 0.1) is 5.82 Å². The van der Waals surface area contributed by atoms with E-state index < -0.39 is 17.6 Å². The Labute approximate surface area is 209 Å². The summed E-state index contributed by atoms with van der Waals surface area (Å²) in [6.07, 6.45) is 1.30. The van der Waals surface area contributed by atoms with Crippen molar-refractivity contribution in [3.63, 3.8) is 0 Å². The van der Waals surface area contributed by atoms with Gasteiger partial charge < -0.3 is 14.8 Å². The first-order valence-corrected chi connectivity index (χ1v) is 10.8. The number of amides is 2. The van der Waals surface area contributed by atoms with E-state index >= 15 is 0 Å². The molecule has 0 aliphatic rings. The molecule has 0 spiro atoms. The van der Waals surface area contributed by atoms with Crippen LogP contribution in [-0.4, -0.2) is 25.1 Å². The Morgan fingerprint density at radius 3 is 2.47 bits per heavy atom. The molecule has 0 aliphatic carbocycles. The van der Waals surface area contributed by atoms with Crippen LogP contribution in [0.2, 0.25) is 15.1 Å². The van der Waals surface area contributed by atoms with Crippen molar-refractivity contribution in [1.29, 1.82) is 0 Å². The highest BCUT2D eigenvalue weighted by molar-refractivity contribution is 6.45. The average molecular weight is 525 g/mol. The highest BCUT2D eigenvalue weighted by Gasteiger charge is 2.15. The van der Waals surface area contributed by atoms with E-state index in [1.807, 2.05) is 0 Å². The van der Waals surface area contributed by atoms with E-state index in [0.717, 1.165) is 0 Å².